The number of hydrogen-bond acceptors (Lipinski definition) is 1. The Morgan fingerprint density at radius 1 is 0.850 bits per heavy atom. The second kappa shape index (κ2) is 4.48. The maximum absolute atomic E-state index is 10.0. The van der Waals surface area contributed by atoms with Gasteiger partial charge in [0.25, 0.3) is 0 Å². The summed E-state index contributed by atoms with van der Waals surface area (Å²) < 4.78 is 0. The first-order valence-corrected chi connectivity index (χ1v) is 9.21. The third-order valence-corrected chi connectivity index (χ3v) is 8.42. The summed E-state index contributed by atoms with van der Waals surface area (Å²) in [5.41, 5.74) is 1.25. The van der Waals surface area contributed by atoms with Crippen molar-refractivity contribution in [2.75, 3.05) is 0 Å². The molecule has 0 aromatic carbocycles. The molecule has 7 atom stereocenters. The summed E-state index contributed by atoms with van der Waals surface area (Å²) in [6, 6.07) is 0. The molecular weight excluding hydrogens is 244 g/mol. The minimum atomic E-state index is 0.00459. The highest BCUT2D eigenvalue weighted by Crippen LogP contribution is 2.66. The topological polar surface area (TPSA) is 20.2 Å². The molecule has 0 amide bonds. The number of aliphatic hydroxyl groups excluding tert-OH is 1. The summed E-state index contributed by atoms with van der Waals surface area (Å²) in [6.45, 7) is 5.19. The first kappa shape index (κ1) is 13.6. The van der Waals surface area contributed by atoms with Gasteiger partial charge in [-0.1, -0.05) is 20.3 Å². The van der Waals surface area contributed by atoms with Crippen LogP contribution in [-0.2, 0) is 0 Å². The first-order valence-electron chi connectivity index (χ1n) is 9.21. The highest BCUT2D eigenvalue weighted by molar-refractivity contribution is 5.07. The third-order valence-electron chi connectivity index (χ3n) is 8.42. The molecule has 1 N–H and O–H groups in total. The summed E-state index contributed by atoms with van der Waals surface area (Å²) in [7, 11) is 0. The molecule has 4 aliphatic rings. The van der Waals surface area contributed by atoms with Crippen molar-refractivity contribution in [3.05, 3.63) is 0 Å². The Morgan fingerprint density at radius 3 is 2.55 bits per heavy atom. The Balaban J connectivity index is 1.62. The van der Waals surface area contributed by atoms with Gasteiger partial charge in [0.2, 0.25) is 0 Å². The Morgan fingerprint density at radius 2 is 1.70 bits per heavy atom. The van der Waals surface area contributed by atoms with Crippen LogP contribution >= 0.6 is 0 Å². The second-order valence-corrected chi connectivity index (χ2v) is 9.17. The zero-order valence-electron chi connectivity index (χ0n) is 13.4. The SMILES string of the molecule is CC12CCCC1C1CC[C@H]3CC(O)CCC3(C)C1CC2. The molecule has 1 nitrogen and oxygen atoms in total. The molecule has 6 unspecified atom stereocenters. The first-order chi connectivity index (χ1) is 9.53. The molecule has 0 aliphatic heterocycles. The van der Waals surface area contributed by atoms with Gasteiger partial charge in [-0.05, 0) is 92.3 Å². The lowest BCUT2D eigenvalue weighted by molar-refractivity contribution is -0.120. The zero-order valence-corrected chi connectivity index (χ0v) is 13.4. The maximum atomic E-state index is 10.0. The molecule has 0 bridgehead atoms. The average Bonchev–Trinajstić information content (AvgIpc) is 2.81. The van der Waals surface area contributed by atoms with Gasteiger partial charge < -0.3 is 5.11 Å². The van der Waals surface area contributed by atoms with E-state index in [4.69, 9.17) is 0 Å². The average molecular weight is 276 g/mol. The molecule has 4 aliphatic carbocycles. The number of aliphatic hydroxyl groups is 1. The van der Waals surface area contributed by atoms with Crippen LogP contribution in [0, 0.1) is 34.5 Å². The van der Waals surface area contributed by atoms with Crippen molar-refractivity contribution in [1.82, 2.24) is 0 Å². The standard InChI is InChI=1S/C19H32O/c1-18-9-3-4-16(18)15-6-5-13-12-14(20)7-11-19(13,2)17(15)8-10-18/h13-17,20H,3-12H2,1-2H3/t13-,14?,15?,16?,17?,18?,19?/m0/s1. The van der Waals surface area contributed by atoms with Crippen molar-refractivity contribution in [1.29, 1.82) is 0 Å². The fourth-order valence-electron chi connectivity index (χ4n) is 7.23. The van der Waals surface area contributed by atoms with E-state index in [1.807, 2.05) is 0 Å². The van der Waals surface area contributed by atoms with Crippen LogP contribution in [0.4, 0.5) is 0 Å². The van der Waals surface area contributed by atoms with E-state index in [1.54, 1.807) is 0 Å². The van der Waals surface area contributed by atoms with Crippen LogP contribution in [0.3, 0.4) is 0 Å². The van der Waals surface area contributed by atoms with Gasteiger partial charge >= 0.3 is 0 Å². The van der Waals surface area contributed by atoms with Crippen molar-refractivity contribution in [3.8, 4) is 0 Å². The molecular formula is C19H32O. The zero-order chi connectivity index (χ0) is 14.0. The van der Waals surface area contributed by atoms with Crippen LogP contribution in [0.25, 0.3) is 0 Å². The van der Waals surface area contributed by atoms with E-state index in [1.165, 1.54) is 51.4 Å². The van der Waals surface area contributed by atoms with Crippen LogP contribution < -0.4 is 0 Å². The Labute approximate surface area is 124 Å². The van der Waals surface area contributed by atoms with E-state index < -0.39 is 0 Å². The molecule has 0 radical (unpaired) electrons. The van der Waals surface area contributed by atoms with Gasteiger partial charge in [-0.3, -0.25) is 0 Å². The minimum absolute atomic E-state index is 0.00459. The Bertz CT molecular complexity index is 391. The largest absolute Gasteiger partial charge is 0.393 e. The quantitative estimate of drug-likeness (QED) is 0.675. The predicted molar refractivity (Wildman–Crippen MR) is 82.4 cm³/mol. The molecule has 0 aromatic rings. The van der Waals surface area contributed by atoms with E-state index in [0.29, 0.717) is 10.8 Å². The highest BCUT2D eigenvalue weighted by Gasteiger charge is 2.57. The lowest BCUT2D eigenvalue weighted by atomic mass is 9.45. The molecule has 0 spiro atoms. The lowest BCUT2D eigenvalue weighted by Crippen LogP contribution is -2.53. The summed E-state index contributed by atoms with van der Waals surface area (Å²) in [5.74, 6) is 3.85. The number of hydrogen-bond donors (Lipinski definition) is 1. The third kappa shape index (κ3) is 1.77. The maximum Gasteiger partial charge on any atom is 0.0543 e. The van der Waals surface area contributed by atoms with Gasteiger partial charge in [-0.15, -0.1) is 0 Å². The molecule has 0 aromatic heterocycles. The molecule has 4 saturated carbocycles. The van der Waals surface area contributed by atoms with Crippen molar-refractivity contribution < 1.29 is 5.11 Å². The molecule has 1 heteroatoms. The summed E-state index contributed by atoms with van der Waals surface area (Å²) in [4.78, 5) is 0. The fourth-order valence-corrected chi connectivity index (χ4v) is 7.23. The normalized spacial score (nSPS) is 58.6. The van der Waals surface area contributed by atoms with E-state index >= 15 is 0 Å². The van der Waals surface area contributed by atoms with Crippen LogP contribution in [0.5, 0.6) is 0 Å². The van der Waals surface area contributed by atoms with Crippen molar-refractivity contribution in [2.24, 2.45) is 34.5 Å². The van der Waals surface area contributed by atoms with Gasteiger partial charge in [0.1, 0.15) is 0 Å². The van der Waals surface area contributed by atoms with E-state index in [9.17, 15) is 5.11 Å². The predicted octanol–water partition coefficient (Wildman–Crippen LogP) is 4.78. The van der Waals surface area contributed by atoms with Crippen molar-refractivity contribution in [2.45, 2.75) is 84.2 Å². The summed E-state index contributed by atoms with van der Waals surface area (Å²) >= 11 is 0. The monoisotopic (exact) mass is 276 g/mol. The molecule has 0 heterocycles. The van der Waals surface area contributed by atoms with Crippen LogP contribution in [0.15, 0.2) is 0 Å². The van der Waals surface area contributed by atoms with E-state index in [0.717, 1.165) is 36.5 Å². The van der Waals surface area contributed by atoms with Gasteiger partial charge in [0, 0.05) is 0 Å². The van der Waals surface area contributed by atoms with Crippen LogP contribution in [0.1, 0.15) is 78.1 Å². The van der Waals surface area contributed by atoms with E-state index in [2.05, 4.69) is 13.8 Å². The summed E-state index contributed by atoms with van der Waals surface area (Å²) in [6.07, 6.45) is 13.8. The molecule has 20 heavy (non-hydrogen) atoms. The molecule has 114 valence electrons. The Kier molecular flexibility index (Phi) is 3.05. The molecule has 4 fully saturated rings. The van der Waals surface area contributed by atoms with Gasteiger partial charge in [-0.2, -0.15) is 0 Å². The van der Waals surface area contributed by atoms with Gasteiger partial charge in [-0.25, -0.2) is 0 Å². The molecule has 4 rings (SSSR count). The molecule has 0 saturated heterocycles. The summed E-state index contributed by atoms with van der Waals surface area (Å²) in [5, 5.41) is 10.0. The fraction of sp³-hybridized carbons (Fsp3) is 1.00. The van der Waals surface area contributed by atoms with Crippen LogP contribution in [0.2, 0.25) is 0 Å². The second-order valence-electron chi connectivity index (χ2n) is 9.17. The van der Waals surface area contributed by atoms with Crippen molar-refractivity contribution >= 4 is 0 Å². The Hall–Kier alpha value is -0.0400. The van der Waals surface area contributed by atoms with Crippen LogP contribution in [-0.4, -0.2) is 11.2 Å². The number of fused-ring (bicyclic) bond motifs is 5. The highest BCUT2D eigenvalue weighted by atomic mass is 16.3. The van der Waals surface area contributed by atoms with Gasteiger partial charge in [0.15, 0.2) is 0 Å². The minimum Gasteiger partial charge on any atom is -0.393 e. The number of rotatable bonds is 0. The van der Waals surface area contributed by atoms with Gasteiger partial charge in [0.05, 0.1) is 6.10 Å². The smallest absolute Gasteiger partial charge is 0.0543 e. The van der Waals surface area contributed by atoms with Crippen molar-refractivity contribution in [3.63, 3.8) is 0 Å². The lowest BCUT2D eigenvalue weighted by Gasteiger charge is -2.60. The van der Waals surface area contributed by atoms with E-state index in [-0.39, 0.29) is 6.10 Å².